The number of amides is 1. The van der Waals surface area contributed by atoms with Gasteiger partial charge in [-0.2, -0.15) is 9.90 Å². The van der Waals surface area contributed by atoms with Crippen molar-refractivity contribution in [1.29, 1.82) is 0 Å². The lowest BCUT2D eigenvalue weighted by molar-refractivity contribution is 0.0885. The standard InChI is InChI=1S/C17H21FN4O/c1-11-4-3-5-15(12(11)2)20-17(23)16-10-19-22(21-16)14-8-6-13(18)7-9-14/h6-12,15H,3-5H2,1-2H3,(H,20,23)/t11-,12-,15+/m1/s1. The number of aromatic nitrogens is 3. The lowest BCUT2D eigenvalue weighted by Gasteiger charge is -2.34. The molecular formula is C17H21FN4O. The third-order valence-electron chi connectivity index (χ3n) is 4.81. The van der Waals surface area contributed by atoms with Gasteiger partial charge in [-0.1, -0.05) is 26.7 Å². The van der Waals surface area contributed by atoms with Crippen molar-refractivity contribution in [3.8, 4) is 5.69 Å². The number of nitrogens with one attached hydrogen (secondary N) is 1. The van der Waals surface area contributed by atoms with Crippen LogP contribution in [0, 0.1) is 17.7 Å². The van der Waals surface area contributed by atoms with Gasteiger partial charge in [-0.3, -0.25) is 4.79 Å². The van der Waals surface area contributed by atoms with Crippen LogP contribution >= 0.6 is 0 Å². The molecule has 0 aliphatic heterocycles. The van der Waals surface area contributed by atoms with Crippen LogP contribution in [0.5, 0.6) is 0 Å². The molecule has 1 aromatic heterocycles. The fraction of sp³-hybridized carbons (Fsp3) is 0.471. The number of nitrogens with zero attached hydrogens (tertiary/aromatic N) is 3. The van der Waals surface area contributed by atoms with Crippen molar-refractivity contribution in [2.75, 3.05) is 0 Å². The molecule has 6 heteroatoms. The SMILES string of the molecule is C[C@@H]1[C@H](C)CCC[C@@H]1NC(=O)c1cnn(-c2ccc(F)cc2)n1. The predicted molar refractivity (Wildman–Crippen MR) is 84.8 cm³/mol. The lowest BCUT2D eigenvalue weighted by Crippen LogP contribution is -2.43. The minimum atomic E-state index is -0.320. The zero-order chi connectivity index (χ0) is 16.4. The lowest BCUT2D eigenvalue weighted by atomic mass is 9.78. The summed E-state index contributed by atoms with van der Waals surface area (Å²) in [5, 5.41) is 11.4. The van der Waals surface area contributed by atoms with Crippen LogP contribution in [0.1, 0.15) is 43.6 Å². The third kappa shape index (κ3) is 3.41. The molecule has 1 amide bonds. The smallest absolute Gasteiger partial charge is 0.273 e. The molecular weight excluding hydrogens is 295 g/mol. The van der Waals surface area contributed by atoms with Gasteiger partial charge in [0.1, 0.15) is 5.82 Å². The Morgan fingerprint density at radius 2 is 2.00 bits per heavy atom. The topological polar surface area (TPSA) is 59.8 Å². The highest BCUT2D eigenvalue weighted by Crippen LogP contribution is 2.29. The van der Waals surface area contributed by atoms with Gasteiger partial charge in [0.05, 0.1) is 11.9 Å². The van der Waals surface area contributed by atoms with Crippen LogP contribution in [-0.2, 0) is 0 Å². The zero-order valence-electron chi connectivity index (χ0n) is 13.4. The molecule has 23 heavy (non-hydrogen) atoms. The molecule has 1 aliphatic rings. The second kappa shape index (κ2) is 6.48. The van der Waals surface area contributed by atoms with Gasteiger partial charge >= 0.3 is 0 Å². The molecule has 0 radical (unpaired) electrons. The van der Waals surface area contributed by atoms with E-state index in [1.807, 2.05) is 0 Å². The largest absolute Gasteiger partial charge is 0.348 e. The van der Waals surface area contributed by atoms with Gasteiger partial charge in [-0.05, 0) is 42.5 Å². The molecule has 0 saturated heterocycles. The van der Waals surface area contributed by atoms with Crippen molar-refractivity contribution in [3.63, 3.8) is 0 Å². The summed E-state index contributed by atoms with van der Waals surface area (Å²) in [5.41, 5.74) is 0.893. The average molecular weight is 316 g/mol. The first kappa shape index (κ1) is 15.6. The van der Waals surface area contributed by atoms with E-state index in [-0.39, 0.29) is 23.5 Å². The molecule has 1 aromatic carbocycles. The molecule has 1 N–H and O–H groups in total. The molecule has 1 fully saturated rings. The van der Waals surface area contributed by atoms with E-state index < -0.39 is 0 Å². The molecule has 1 aliphatic carbocycles. The van der Waals surface area contributed by atoms with E-state index >= 15 is 0 Å². The highest BCUT2D eigenvalue weighted by atomic mass is 19.1. The fourth-order valence-corrected chi connectivity index (χ4v) is 3.09. The Balaban J connectivity index is 1.70. The number of carbonyl (C=O) groups excluding carboxylic acids is 1. The molecule has 0 spiro atoms. The van der Waals surface area contributed by atoms with Crippen LogP contribution in [0.15, 0.2) is 30.5 Å². The van der Waals surface area contributed by atoms with Crippen LogP contribution < -0.4 is 5.32 Å². The van der Waals surface area contributed by atoms with Crippen molar-refractivity contribution >= 4 is 5.91 Å². The summed E-state index contributed by atoms with van der Waals surface area (Å²) >= 11 is 0. The molecule has 1 saturated carbocycles. The van der Waals surface area contributed by atoms with Crippen molar-refractivity contribution in [2.45, 2.75) is 39.2 Å². The summed E-state index contributed by atoms with van der Waals surface area (Å²) in [6, 6.07) is 6.00. The summed E-state index contributed by atoms with van der Waals surface area (Å²) in [6.45, 7) is 4.41. The normalized spacial score (nSPS) is 24.4. The van der Waals surface area contributed by atoms with Crippen molar-refractivity contribution in [2.24, 2.45) is 11.8 Å². The Morgan fingerprint density at radius 1 is 1.26 bits per heavy atom. The number of hydrogen-bond acceptors (Lipinski definition) is 3. The zero-order valence-corrected chi connectivity index (χ0v) is 13.4. The van der Waals surface area contributed by atoms with E-state index in [0.29, 0.717) is 17.5 Å². The second-order valence-corrected chi connectivity index (χ2v) is 6.34. The highest BCUT2D eigenvalue weighted by Gasteiger charge is 2.28. The van der Waals surface area contributed by atoms with Gasteiger partial charge < -0.3 is 5.32 Å². The van der Waals surface area contributed by atoms with Crippen molar-refractivity contribution in [1.82, 2.24) is 20.3 Å². The van der Waals surface area contributed by atoms with Crippen LogP contribution in [-0.4, -0.2) is 26.9 Å². The maximum absolute atomic E-state index is 13.0. The molecule has 2 aromatic rings. The number of benzene rings is 1. The maximum Gasteiger partial charge on any atom is 0.273 e. The van der Waals surface area contributed by atoms with Gasteiger partial charge in [-0.15, -0.1) is 5.10 Å². The van der Waals surface area contributed by atoms with Gasteiger partial charge in [-0.25, -0.2) is 4.39 Å². The number of rotatable bonds is 3. The number of hydrogen-bond donors (Lipinski definition) is 1. The molecule has 0 unspecified atom stereocenters. The monoisotopic (exact) mass is 316 g/mol. The molecule has 3 atom stereocenters. The van der Waals surface area contributed by atoms with Crippen LogP contribution in [0.3, 0.4) is 0 Å². The van der Waals surface area contributed by atoms with Crippen LogP contribution in [0.25, 0.3) is 5.69 Å². The molecule has 0 bridgehead atoms. The molecule has 5 nitrogen and oxygen atoms in total. The van der Waals surface area contributed by atoms with Gasteiger partial charge in [0.25, 0.3) is 5.91 Å². The molecule has 1 heterocycles. The van der Waals surface area contributed by atoms with Crippen LogP contribution in [0.4, 0.5) is 4.39 Å². The minimum Gasteiger partial charge on any atom is -0.348 e. The van der Waals surface area contributed by atoms with Gasteiger partial charge in [0.2, 0.25) is 0 Å². The van der Waals surface area contributed by atoms with E-state index in [9.17, 15) is 9.18 Å². The summed E-state index contributed by atoms with van der Waals surface area (Å²) in [7, 11) is 0. The van der Waals surface area contributed by atoms with E-state index in [2.05, 4.69) is 29.4 Å². The van der Waals surface area contributed by atoms with Crippen molar-refractivity contribution < 1.29 is 9.18 Å². The van der Waals surface area contributed by atoms with Gasteiger partial charge in [0, 0.05) is 6.04 Å². The first-order chi connectivity index (χ1) is 11.0. The summed E-state index contributed by atoms with van der Waals surface area (Å²) in [5.74, 6) is 0.549. The summed E-state index contributed by atoms with van der Waals surface area (Å²) < 4.78 is 13.0. The Bertz CT molecular complexity index is 682. The Hall–Kier alpha value is -2.24. The first-order valence-corrected chi connectivity index (χ1v) is 8.04. The van der Waals surface area contributed by atoms with E-state index in [1.165, 1.54) is 29.5 Å². The quantitative estimate of drug-likeness (QED) is 0.947. The highest BCUT2D eigenvalue weighted by molar-refractivity contribution is 5.92. The van der Waals surface area contributed by atoms with E-state index in [0.717, 1.165) is 12.8 Å². The molecule has 3 rings (SSSR count). The number of halogens is 1. The van der Waals surface area contributed by atoms with E-state index in [1.54, 1.807) is 12.1 Å². The second-order valence-electron chi connectivity index (χ2n) is 6.34. The maximum atomic E-state index is 13.0. The predicted octanol–water partition coefficient (Wildman–Crippen LogP) is 2.96. The minimum absolute atomic E-state index is 0.183. The fourth-order valence-electron chi connectivity index (χ4n) is 3.09. The molecule has 122 valence electrons. The summed E-state index contributed by atoms with van der Waals surface area (Å²) in [4.78, 5) is 13.7. The number of carbonyl (C=O) groups is 1. The third-order valence-corrected chi connectivity index (χ3v) is 4.81. The Morgan fingerprint density at radius 3 is 2.74 bits per heavy atom. The van der Waals surface area contributed by atoms with Crippen molar-refractivity contribution in [3.05, 3.63) is 42.0 Å². The van der Waals surface area contributed by atoms with Gasteiger partial charge in [0.15, 0.2) is 5.69 Å². The van der Waals surface area contributed by atoms with E-state index in [4.69, 9.17) is 0 Å². The van der Waals surface area contributed by atoms with Crippen LogP contribution in [0.2, 0.25) is 0 Å². The first-order valence-electron chi connectivity index (χ1n) is 8.04. The Kier molecular flexibility index (Phi) is 4.41. The Labute approximate surface area is 134 Å². The average Bonchev–Trinajstić information content (AvgIpc) is 3.02. The summed E-state index contributed by atoms with van der Waals surface area (Å²) in [6.07, 6.45) is 4.80.